The number of aromatic nitrogens is 2. The van der Waals surface area contributed by atoms with Crippen molar-refractivity contribution in [3.63, 3.8) is 0 Å². The first-order valence-corrected chi connectivity index (χ1v) is 8.40. The maximum Gasteiger partial charge on any atom is 0.416 e. The average Bonchev–Trinajstić information content (AvgIpc) is 2.67. The maximum absolute atomic E-state index is 12.8. The summed E-state index contributed by atoms with van der Waals surface area (Å²) in [5.74, 6) is -0.483. The standard InChI is InChI=1S/C20H17F3N4O/c1-13-5-6-14(7-15(13)9-26-18-10-24-12-25-11-18)19(28)27-17-4-2-3-16(8-17)20(21,22)23/h2-8,10-12,26H,9H2,1H3,(H,27,28). The van der Waals surface area contributed by atoms with E-state index in [-0.39, 0.29) is 5.69 Å². The van der Waals surface area contributed by atoms with Crippen molar-refractivity contribution in [1.82, 2.24) is 9.97 Å². The lowest BCUT2D eigenvalue weighted by Crippen LogP contribution is -2.14. The fourth-order valence-electron chi connectivity index (χ4n) is 2.57. The number of aryl methyl sites for hydroxylation is 1. The van der Waals surface area contributed by atoms with Crippen LogP contribution in [0.2, 0.25) is 0 Å². The Morgan fingerprint density at radius 3 is 2.50 bits per heavy atom. The summed E-state index contributed by atoms with van der Waals surface area (Å²) in [6, 6.07) is 9.66. The monoisotopic (exact) mass is 386 g/mol. The van der Waals surface area contributed by atoms with Crippen molar-refractivity contribution in [2.45, 2.75) is 19.6 Å². The SMILES string of the molecule is Cc1ccc(C(=O)Nc2cccc(C(F)(F)F)c2)cc1CNc1cncnc1. The number of carbonyl (C=O) groups is 1. The lowest BCUT2D eigenvalue weighted by molar-refractivity contribution is -0.137. The second-order valence-electron chi connectivity index (χ2n) is 6.15. The summed E-state index contributed by atoms with van der Waals surface area (Å²) in [5.41, 5.74) is 2.20. The molecule has 2 aromatic carbocycles. The Hall–Kier alpha value is -3.42. The molecule has 0 saturated heterocycles. The van der Waals surface area contributed by atoms with Gasteiger partial charge >= 0.3 is 6.18 Å². The third kappa shape index (κ3) is 4.85. The Morgan fingerprint density at radius 1 is 1.04 bits per heavy atom. The molecule has 28 heavy (non-hydrogen) atoms. The Kier molecular flexibility index (Phi) is 5.58. The highest BCUT2D eigenvalue weighted by Gasteiger charge is 2.30. The molecule has 3 rings (SSSR count). The van der Waals surface area contributed by atoms with Crippen LogP contribution >= 0.6 is 0 Å². The van der Waals surface area contributed by atoms with Crippen LogP contribution in [0.5, 0.6) is 0 Å². The predicted molar refractivity (Wildman–Crippen MR) is 99.9 cm³/mol. The van der Waals surface area contributed by atoms with Gasteiger partial charge in [0.15, 0.2) is 0 Å². The molecule has 8 heteroatoms. The minimum atomic E-state index is -4.47. The van der Waals surface area contributed by atoms with Gasteiger partial charge < -0.3 is 10.6 Å². The molecule has 0 atom stereocenters. The molecule has 2 N–H and O–H groups in total. The van der Waals surface area contributed by atoms with Gasteiger partial charge in [-0.05, 0) is 48.4 Å². The molecule has 0 unspecified atom stereocenters. The molecule has 1 heterocycles. The van der Waals surface area contributed by atoms with Crippen molar-refractivity contribution in [2.24, 2.45) is 0 Å². The van der Waals surface area contributed by atoms with E-state index in [1.165, 1.54) is 18.5 Å². The molecule has 0 aliphatic heterocycles. The number of hydrogen-bond donors (Lipinski definition) is 2. The van der Waals surface area contributed by atoms with Crippen molar-refractivity contribution >= 4 is 17.3 Å². The molecule has 1 aromatic heterocycles. The number of benzene rings is 2. The highest BCUT2D eigenvalue weighted by Crippen LogP contribution is 2.30. The van der Waals surface area contributed by atoms with Crippen LogP contribution in [0.1, 0.15) is 27.0 Å². The lowest BCUT2D eigenvalue weighted by Gasteiger charge is -2.12. The number of amides is 1. The highest BCUT2D eigenvalue weighted by molar-refractivity contribution is 6.04. The first-order valence-electron chi connectivity index (χ1n) is 8.40. The van der Waals surface area contributed by atoms with E-state index in [0.29, 0.717) is 12.1 Å². The Bertz CT molecular complexity index is 975. The van der Waals surface area contributed by atoms with E-state index in [1.54, 1.807) is 30.6 Å². The average molecular weight is 386 g/mol. The summed E-state index contributed by atoms with van der Waals surface area (Å²) >= 11 is 0. The Labute approximate surface area is 159 Å². The molecule has 0 aliphatic rings. The van der Waals surface area contributed by atoms with Gasteiger partial charge in [0, 0.05) is 17.8 Å². The van der Waals surface area contributed by atoms with Crippen molar-refractivity contribution < 1.29 is 18.0 Å². The Balaban J connectivity index is 1.74. The predicted octanol–water partition coefficient (Wildman–Crippen LogP) is 4.67. The zero-order chi connectivity index (χ0) is 20.1. The van der Waals surface area contributed by atoms with E-state index in [4.69, 9.17) is 0 Å². The largest absolute Gasteiger partial charge is 0.416 e. The maximum atomic E-state index is 12.8. The van der Waals surface area contributed by atoms with Crippen molar-refractivity contribution in [2.75, 3.05) is 10.6 Å². The van der Waals surface area contributed by atoms with Crippen LogP contribution in [0.15, 0.2) is 61.2 Å². The van der Waals surface area contributed by atoms with Gasteiger partial charge in [-0.2, -0.15) is 13.2 Å². The van der Waals surface area contributed by atoms with Gasteiger partial charge in [0.25, 0.3) is 5.91 Å². The molecular weight excluding hydrogens is 369 g/mol. The van der Waals surface area contributed by atoms with Crippen LogP contribution in [0, 0.1) is 6.92 Å². The van der Waals surface area contributed by atoms with E-state index in [2.05, 4.69) is 20.6 Å². The normalized spacial score (nSPS) is 11.1. The van der Waals surface area contributed by atoms with E-state index >= 15 is 0 Å². The molecule has 0 aliphatic carbocycles. The first-order chi connectivity index (χ1) is 13.3. The topological polar surface area (TPSA) is 66.9 Å². The van der Waals surface area contributed by atoms with Gasteiger partial charge in [-0.15, -0.1) is 0 Å². The minimum Gasteiger partial charge on any atom is -0.378 e. The van der Waals surface area contributed by atoms with Gasteiger partial charge in [0.2, 0.25) is 0 Å². The van der Waals surface area contributed by atoms with Crippen molar-refractivity contribution in [3.05, 3.63) is 83.4 Å². The fourth-order valence-corrected chi connectivity index (χ4v) is 2.57. The smallest absolute Gasteiger partial charge is 0.378 e. The number of halogens is 3. The summed E-state index contributed by atoms with van der Waals surface area (Å²) < 4.78 is 38.5. The molecule has 144 valence electrons. The molecule has 0 fully saturated rings. The van der Waals surface area contributed by atoms with Gasteiger partial charge in [0.05, 0.1) is 23.6 Å². The number of rotatable bonds is 5. The molecule has 0 radical (unpaired) electrons. The fraction of sp³-hybridized carbons (Fsp3) is 0.150. The van der Waals surface area contributed by atoms with Crippen molar-refractivity contribution in [3.8, 4) is 0 Å². The van der Waals surface area contributed by atoms with Crippen molar-refractivity contribution in [1.29, 1.82) is 0 Å². The van der Waals surface area contributed by atoms with E-state index in [0.717, 1.165) is 28.9 Å². The second-order valence-corrected chi connectivity index (χ2v) is 6.15. The van der Waals surface area contributed by atoms with Crippen LogP contribution in [-0.2, 0) is 12.7 Å². The lowest BCUT2D eigenvalue weighted by atomic mass is 10.0. The molecular formula is C20H17F3N4O. The molecule has 1 amide bonds. The van der Waals surface area contributed by atoms with Crippen LogP contribution in [0.3, 0.4) is 0 Å². The number of nitrogens with zero attached hydrogens (tertiary/aromatic N) is 2. The number of hydrogen-bond acceptors (Lipinski definition) is 4. The molecule has 5 nitrogen and oxygen atoms in total. The zero-order valence-electron chi connectivity index (χ0n) is 14.9. The minimum absolute atomic E-state index is 0.0847. The summed E-state index contributed by atoms with van der Waals surface area (Å²) in [4.78, 5) is 20.3. The number of nitrogens with one attached hydrogen (secondary N) is 2. The van der Waals surface area contributed by atoms with Crippen LogP contribution < -0.4 is 10.6 Å². The Morgan fingerprint density at radius 2 is 1.79 bits per heavy atom. The zero-order valence-corrected chi connectivity index (χ0v) is 14.9. The highest BCUT2D eigenvalue weighted by atomic mass is 19.4. The quantitative estimate of drug-likeness (QED) is 0.669. The number of carbonyl (C=O) groups excluding carboxylic acids is 1. The third-order valence-corrected chi connectivity index (χ3v) is 4.10. The van der Waals surface area contributed by atoms with Gasteiger partial charge in [-0.1, -0.05) is 12.1 Å². The van der Waals surface area contributed by atoms with Crippen LogP contribution in [0.4, 0.5) is 24.5 Å². The summed E-state index contributed by atoms with van der Waals surface area (Å²) in [5, 5.41) is 5.67. The van der Waals surface area contributed by atoms with Gasteiger partial charge in [0.1, 0.15) is 6.33 Å². The number of anilines is 2. The van der Waals surface area contributed by atoms with E-state index in [9.17, 15) is 18.0 Å². The van der Waals surface area contributed by atoms with Gasteiger partial charge in [-0.25, -0.2) is 9.97 Å². The van der Waals surface area contributed by atoms with Crippen LogP contribution in [0.25, 0.3) is 0 Å². The molecule has 0 saturated carbocycles. The summed E-state index contributed by atoms with van der Waals surface area (Å²) in [6.07, 6.45) is 0.221. The molecule has 0 bridgehead atoms. The van der Waals surface area contributed by atoms with E-state index < -0.39 is 17.6 Å². The number of alkyl halides is 3. The van der Waals surface area contributed by atoms with Gasteiger partial charge in [-0.3, -0.25) is 4.79 Å². The first kappa shape index (κ1) is 19.3. The second kappa shape index (κ2) is 8.08. The molecule has 3 aromatic rings. The van der Waals surface area contributed by atoms with E-state index in [1.807, 2.05) is 6.92 Å². The summed E-state index contributed by atoms with van der Waals surface area (Å²) in [6.45, 7) is 2.36. The summed E-state index contributed by atoms with van der Waals surface area (Å²) in [7, 11) is 0. The van der Waals surface area contributed by atoms with Crippen LogP contribution in [-0.4, -0.2) is 15.9 Å². The third-order valence-electron chi connectivity index (χ3n) is 4.10. The molecule has 0 spiro atoms.